The predicted molar refractivity (Wildman–Crippen MR) is 92.8 cm³/mol. The highest BCUT2D eigenvalue weighted by Gasteiger charge is 2.23. The molecule has 1 atom stereocenters. The lowest BCUT2D eigenvalue weighted by molar-refractivity contribution is -0.123. The number of benzene rings is 1. The summed E-state index contributed by atoms with van der Waals surface area (Å²) < 4.78 is 5.73. The van der Waals surface area contributed by atoms with E-state index in [0.29, 0.717) is 19.1 Å². The molecule has 1 saturated carbocycles. The van der Waals surface area contributed by atoms with Gasteiger partial charge in [-0.15, -0.1) is 0 Å². The van der Waals surface area contributed by atoms with Gasteiger partial charge in [-0.05, 0) is 31.7 Å². The Labute approximate surface area is 144 Å². The van der Waals surface area contributed by atoms with Crippen molar-refractivity contribution >= 4 is 5.91 Å². The van der Waals surface area contributed by atoms with E-state index in [0.717, 1.165) is 44.4 Å². The summed E-state index contributed by atoms with van der Waals surface area (Å²) >= 11 is 0. The molecule has 1 aliphatic carbocycles. The van der Waals surface area contributed by atoms with Crippen LogP contribution < -0.4 is 5.32 Å². The fraction of sp³-hybridized carbons (Fsp3) is 0.632. The summed E-state index contributed by atoms with van der Waals surface area (Å²) in [7, 11) is 0. The molecule has 5 nitrogen and oxygen atoms in total. The normalized spacial score (nSPS) is 21.5. The lowest BCUT2D eigenvalue weighted by Gasteiger charge is -2.25. The minimum atomic E-state index is 0.0790. The van der Waals surface area contributed by atoms with Gasteiger partial charge in [0, 0.05) is 31.3 Å². The third kappa shape index (κ3) is 4.95. The number of amides is 1. The number of ether oxygens (including phenoxy) is 1. The number of phenols is 1. The van der Waals surface area contributed by atoms with E-state index in [9.17, 15) is 9.90 Å². The Hall–Kier alpha value is -1.59. The van der Waals surface area contributed by atoms with Crippen LogP contribution in [0.15, 0.2) is 24.3 Å². The van der Waals surface area contributed by atoms with E-state index >= 15 is 0 Å². The molecule has 2 aliphatic rings. The molecule has 5 heteroatoms. The topological polar surface area (TPSA) is 61.8 Å². The first-order valence-corrected chi connectivity index (χ1v) is 9.11. The molecule has 1 aromatic rings. The maximum Gasteiger partial charge on any atom is 0.234 e. The Balaban J connectivity index is 1.59. The number of carbonyl (C=O) groups excluding carboxylic acids is 1. The lowest BCUT2D eigenvalue weighted by atomic mass is 10.1. The molecule has 3 rings (SSSR count). The second-order valence-electron chi connectivity index (χ2n) is 6.98. The number of nitrogens with one attached hydrogen (secondary N) is 1. The molecule has 0 radical (unpaired) electrons. The van der Waals surface area contributed by atoms with Crippen molar-refractivity contribution in [3.05, 3.63) is 29.8 Å². The molecule has 1 saturated heterocycles. The number of hydrogen-bond acceptors (Lipinski definition) is 4. The van der Waals surface area contributed by atoms with Crippen LogP contribution in [-0.4, -0.2) is 47.8 Å². The highest BCUT2D eigenvalue weighted by atomic mass is 16.5. The monoisotopic (exact) mass is 332 g/mol. The van der Waals surface area contributed by atoms with Crippen molar-refractivity contribution < 1.29 is 14.6 Å². The number of hydrogen-bond donors (Lipinski definition) is 2. The third-order valence-corrected chi connectivity index (χ3v) is 4.96. The molecule has 0 aromatic heterocycles. The molecular formula is C19H28N2O3. The van der Waals surface area contributed by atoms with Crippen molar-refractivity contribution in [2.75, 3.05) is 19.7 Å². The Morgan fingerprint density at radius 3 is 2.71 bits per heavy atom. The second-order valence-corrected chi connectivity index (χ2v) is 6.98. The molecule has 0 spiro atoms. The van der Waals surface area contributed by atoms with Crippen molar-refractivity contribution in [1.29, 1.82) is 0 Å². The molecular weight excluding hydrogens is 304 g/mol. The summed E-state index contributed by atoms with van der Waals surface area (Å²) in [6.07, 6.45) is 6.93. The molecule has 0 unspecified atom stereocenters. The van der Waals surface area contributed by atoms with Gasteiger partial charge in [0.05, 0.1) is 12.6 Å². The zero-order valence-corrected chi connectivity index (χ0v) is 14.2. The summed E-state index contributed by atoms with van der Waals surface area (Å²) in [4.78, 5) is 14.5. The Bertz CT molecular complexity index is 537. The van der Waals surface area contributed by atoms with Gasteiger partial charge in [-0.2, -0.15) is 0 Å². The van der Waals surface area contributed by atoms with E-state index in [1.807, 2.05) is 18.2 Å². The zero-order chi connectivity index (χ0) is 16.8. The molecule has 132 valence electrons. The smallest absolute Gasteiger partial charge is 0.234 e. The van der Waals surface area contributed by atoms with Gasteiger partial charge in [-0.3, -0.25) is 9.69 Å². The first kappa shape index (κ1) is 17.2. The van der Waals surface area contributed by atoms with Gasteiger partial charge in [-0.25, -0.2) is 0 Å². The quantitative estimate of drug-likeness (QED) is 0.805. The molecule has 24 heavy (non-hydrogen) atoms. The number of phenolic OH excluding ortho intramolecular Hbond substituents is 1. The fourth-order valence-electron chi connectivity index (χ4n) is 3.69. The Morgan fingerprint density at radius 1 is 1.21 bits per heavy atom. The molecule has 2 fully saturated rings. The highest BCUT2D eigenvalue weighted by molar-refractivity contribution is 5.78. The van der Waals surface area contributed by atoms with Gasteiger partial charge in [0.2, 0.25) is 5.91 Å². The standard InChI is InChI=1S/C19H28N2O3/c22-18-10-4-1-6-15(18)12-21(13-17-9-5-11-24-17)14-19(23)20-16-7-2-3-8-16/h1,4,6,10,16-17,22H,2-3,5,7-9,11-14H2,(H,20,23)/t17-/m0/s1. The number of nitrogens with zero attached hydrogens (tertiary/aromatic N) is 1. The van der Waals surface area contributed by atoms with Gasteiger partial charge >= 0.3 is 0 Å². The molecule has 0 bridgehead atoms. The van der Waals surface area contributed by atoms with Crippen LogP contribution in [0.25, 0.3) is 0 Å². The van der Waals surface area contributed by atoms with Gasteiger partial charge in [0.1, 0.15) is 5.75 Å². The molecule has 1 heterocycles. The Morgan fingerprint density at radius 2 is 2.00 bits per heavy atom. The van der Waals surface area contributed by atoms with Crippen LogP contribution in [0.4, 0.5) is 0 Å². The number of carbonyl (C=O) groups is 1. The average Bonchev–Trinajstić information content (AvgIpc) is 3.23. The third-order valence-electron chi connectivity index (χ3n) is 4.96. The number of rotatable bonds is 7. The van der Waals surface area contributed by atoms with Crippen LogP contribution in [0, 0.1) is 0 Å². The van der Waals surface area contributed by atoms with Crippen LogP contribution >= 0.6 is 0 Å². The van der Waals surface area contributed by atoms with E-state index in [4.69, 9.17) is 4.74 Å². The fourth-order valence-corrected chi connectivity index (χ4v) is 3.69. The van der Waals surface area contributed by atoms with Crippen LogP contribution in [0.2, 0.25) is 0 Å². The van der Waals surface area contributed by atoms with Crippen molar-refractivity contribution in [1.82, 2.24) is 10.2 Å². The highest BCUT2D eigenvalue weighted by Crippen LogP contribution is 2.21. The largest absolute Gasteiger partial charge is 0.508 e. The summed E-state index contributed by atoms with van der Waals surface area (Å²) in [6, 6.07) is 7.67. The minimum Gasteiger partial charge on any atom is -0.508 e. The van der Waals surface area contributed by atoms with Crippen molar-refractivity contribution in [2.24, 2.45) is 0 Å². The maximum atomic E-state index is 12.4. The summed E-state index contributed by atoms with van der Waals surface area (Å²) in [6.45, 7) is 2.45. The molecule has 1 aromatic carbocycles. The van der Waals surface area contributed by atoms with Gasteiger partial charge in [-0.1, -0.05) is 31.0 Å². The zero-order valence-electron chi connectivity index (χ0n) is 14.2. The van der Waals surface area contributed by atoms with Crippen LogP contribution in [0.5, 0.6) is 5.75 Å². The predicted octanol–water partition coefficient (Wildman–Crippen LogP) is 2.43. The van der Waals surface area contributed by atoms with E-state index < -0.39 is 0 Å². The van der Waals surface area contributed by atoms with Crippen LogP contribution in [-0.2, 0) is 16.1 Å². The van der Waals surface area contributed by atoms with E-state index in [2.05, 4.69) is 10.2 Å². The maximum absolute atomic E-state index is 12.4. The van der Waals surface area contributed by atoms with E-state index in [-0.39, 0.29) is 17.8 Å². The van der Waals surface area contributed by atoms with Gasteiger partial charge in [0.15, 0.2) is 0 Å². The number of para-hydroxylation sites is 1. The molecule has 1 aliphatic heterocycles. The molecule has 2 N–H and O–H groups in total. The number of aromatic hydroxyl groups is 1. The van der Waals surface area contributed by atoms with Crippen LogP contribution in [0.1, 0.15) is 44.1 Å². The summed E-state index contributed by atoms with van der Waals surface area (Å²) in [5.74, 6) is 0.362. The van der Waals surface area contributed by atoms with Gasteiger partial charge in [0.25, 0.3) is 0 Å². The van der Waals surface area contributed by atoms with E-state index in [1.165, 1.54) is 12.8 Å². The SMILES string of the molecule is O=C(CN(Cc1ccccc1O)C[C@@H]1CCCO1)NC1CCCC1. The van der Waals surface area contributed by atoms with Crippen molar-refractivity contribution in [3.8, 4) is 5.75 Å². The molecule has 1 amide bonds. The second kappa shape index (κ2) is 8.49. The average molecular weight is 332 g/mol. The van der Waals surface area contributed by atoms with Gasteiger partial charge < -0.3 is 15.2 Å². The van der Waals surface area contributed by atoms with Crippen molar-refractivity contribution in [2.45, 2.75) is 57.2 Å². The minimum absolute atomic E-state index is 0.0790. The lowest BCUT2D eigenvalue weighted by Crippen LogP contribution is -2.43. The first-order valence-electron chi connectivity index (χ1n) is 9.11. The Kier molecular flexibility index (Phi) is 6.10. The summed E-state index contributed by atoms with van der Waals surface area (Å²) in [5, 5.41) is 13.2. The van der Waals surface area contributed by atoms with Crippen molar-refractivity contribution in [3.63, 3.8) is 0 Å². The van der Waals surface area contributed by atoms with Crippen LogP contribution in [0.3, 0.4) is 0 Å². The summed E-state index contributed by atoms with van der Waals surface area (Å²) in [5.41, 5.74) is 0.851. The first-order chi connectivity index (χ1) is 11.7. The van der Waals surface area contributed by atoms with E-state index in [1.54, 1.807) is 6.07 Å².